The summed E-state index contributed by atoms with van der Waals surface area (Å²) in [5, 5.41) is 13.3. The van der Waals surface area contributed by atoms with Gasteiger partial charge in [-0.25, -0.2) is 4.98 Å². The third-order valence-electron chi connectivity index (χ3n) is 5.09. The lowest BCUT2D eigenvalue weighted by molar-refractivity contribution is -0.123. The first-order valence-corrected chi connectivity index (χ1v) is 9.87. The number of carbonyl (C=O) groups excluding carboxylic acids is 1. The number of likely N-dealkylation sites (N-methyl/N-ethyl adjacent to an activating group) is 1. The standard InChI is InChI=1S/C21H25N7O/c1-3-15-12-19(27-26-15)24-18-13-16(11-14-7-5-4-6-8-14)23-21(25-18)28-10-9-17(28)20(29)22-2/h4-8,12-13,17H,3,9-11H2,1-2H3,(H,22,29)(H2,23,24,25,26,27)/t17-/m0/s1. The average Bonchev–Trinajstić information content (AvgIpc) is 3.15. The van der Waals surface area contributed by atoms with Crippen molar-refractivity contribution >= 4 is 23.5 Å². The van der Waals surface area contributed by atoms with Gasteiger partial charge in [0.1, 0.15) is 11.9 Å². The molecular formula is C21H25N7O. The number of hydrogen-bond acceptors (Lipinski definition) is 6. The van der Waals surface area contributed by atoms with E-state index in [1.165, 1.54) is 5.56 Å². The Labute approximate surface area is 169 Å². The van der Waals surface area contributed by atoms with E-state index in [-0.39, 0.29) is 11.9 Å². The predicted octanol–water partition coefficient (Wildman–Crippen LogP) is 2.42. The molecule has 1 aliphatic heterocycles. The van der Waals surface area contributed by atoms with Crippen LogP contribution in [0.5, 0.6) is 0 Å². The Morgan fingerprint density at radius 2 is 2.03 bits per heavy atom. The zero-order chi connectivity index (χ0) is 20.2. The molecule has 4 rings (SSSR count). The van der Waals surface area contributed by atoms with Crippen LogP contribution in [0.15, 0.2) is 42.5 Å². The fourth-order valence-corrected chi connectivity index (χ4v) is 3.38. The molecule has 1 aliphatic rings. The summed E-state index contributed by atoms with van der Waals surface area (Å²) in [7, 11) is 1.65. The first kappa shape index (κ1) is 18.9. The van der Waals surface area contributed by atoms with E-state index in [1.54, 1.807) is 7.05 Å². The number of aromatic amines is 1. The summed E-state index contributed by atoms with van der Waals surface area (Å²) in [6.07, 6.45) is 2.36. The van der Waals surface area contributed by atoms with Gasteiger partial charge >= 0.3 is 0 Å². The van der Waals surface area contributed by atoms with Gasteiger partial charge in [0.05, 0.1) is 5.69 Å². The largest absolute Gasteiger partial charge is 0.357 e. The Morgan fingerprint density at radius 1 is 1.21 bits per heavy atom. The number of anilines is 3. The van der Waals surface area contributed by atoms with E-state index in [1.807, 2.05) is 35.2 Å². The van der Waals surface area contributed by atoms with Gasteiger partial charge in [0.25, 0.3) is 0 Å². The van der Waals surface area contributed by atoms with Crippen molar-refractivity contribution in [2.45, 2.75) is 32.2 Å². The van der Waals surface area contributed by atoms with Crippen LogP contribution in [0, 0.1) is 0 Å². The molecular weight excluding hydrogens is 366 g/mol. The second-order valence-corrected chi connectivity index (χ2v) is 7.08. The minimum atomic E-state index is -0.225. The maximum Gasteiger partial charge on any atom is 0.242 e. The van der Waals surface area contributed by atoms with E-state index in [4.69, 9.17) is 4.98 Å². The molecule has 0 unspecified atom stereocenters. The van der Waals surface area contributed by atoms with Gasteiger partial charge in [0.2, 0.25) is 11.9 Å². The number of nitrogens with zero attached hydrogens (tertiary/aromatic N) is 4. The number of carbonyl (C=O) groups is 1. The molecule has 8 nitrogen and oxygen atoms in total. The van der Waals surface area contributed by atoms with Crippen LogP contribution < -0.4 is 15.5 Å². The van der Waals surface area contributed by atoms with E-state index >= 15 is 0 Å². The third-order valence-corrected chi connectivity index (χ3v) is 5.09. The van der Waals surface area contributed by atoms with Gasteiger partial charge in [-0.2, -0.15) is 10.1 Å². The molecule has 29 heavy (non-hydrogen) atoms. The lowest BCUT2D eigenvalue weighted by Gasteiger charge is -2.39. The minimum Gasteiger partial charge on any atom is -0.357 e. The number of H-pyrrole nitrogens is 1. The molecule has 8 heteroatoms. The van der Waals surface area contributed by atoms with Crippen molar-refractivity contribution in [1.82, 2.24) is 25.5 Å². The maximum atomic E-state index is 12.1. The van der Waals surface area contributed by atoms with E-state index in [0.29, 0.717) is 24.0 Å². The van der Waals surface area contributed by atoms with Crippen LogP contribution in [0.25, 0.3) is 0 Å². The summed E-state index contributed by atoms with van der Waals surface area (Å²) < 4.78 is 0. The fourth-order valence-electron chi connectivity index (χ4n) is 3.38. The highest BCUT2D eigenvalue weighted by Crippen LogP contribution is 2.26. The van der Waals surface area contributed by atoms with Crippen molar-refractivity contribution in [2.24, 2.45) is 0 Å². The Balaban J connectivity index is 1.64. The number of aromatic nitrogens is 4. The zero-order valence-electron chi connectivity index (χ0n) is 16.6. The van der Waals surface area contributed by atoms with E-state index in [0.717, 1.165) is 30.8 Å². The third kappa shape index (κ3) is 4.21. The van der Waals surface area contributed by atoms with Gasteiger partial charge in [-0.3, -0.25) is 9.89 Å². The molecule has 0 saturated carbocycles. The number of amides is 1. The highest BCUT2D eigenvalue weighted by Gasteiger charge is 2.35. The Hall–Kier alpha value is -3.42. The molecule has 1 saturated heterocycles. The highest BCUT2D eigenvalue weighted by atomic mass is 16.2. The number of nitrogens with one attached hydrogen (secondary N) is 3. The first-order valence-electron chi connectivity index (χ1n) is 9.87. The maximum absolute atomic E-state index is 12.1. The minimum absolute atomic E-state index is 0.0114. The predicted molar refractivity (Wildman–Crippen MR) is 112 cm³/mol. The van der Waals surface area contributed by atoms with Crippen LogP contribution in [0.4, 0.5) is 17.6 Å². The van der Waals surface area contributed by atoms with Crippen LogP contribution in [0.1, 0.15) is 30.3 Å². The van der Waals surface area contributed by atoms with Crippen molar-refractivity contribution in [1.29, 1.82) is 0 Å². The molecule has 1 amide bonds. The van der Waals surface area contributed by atoms with Crippen molar-refractivity contribution in [2.75, 3.05) is 23.8 Å². The van der Waals surface area contributed by atoms with Crippen LogP contribution >= 0.6 is 0 Å². The summed E-state index contributed by atoms with van der Waals surface area (Å²) in [6.45, 7) is 2.83. The van der Waals surface area contributed by atoms with Crippen LogP contribution in [-0.2, 0) is 17.6 Å². The van der Waals surface area contributed by atoms with Gasteiger partial charge in [0, 0.05) is 37.8 Å². The van der Waals surface area contributed by atoms with Gasteiger partial charge < -0.3 is 15.5 Å². The molecule has 1 fully saturated rings. The van der Waals surface area contributed by atoms with Crippen molar-refractivity contribution in [3.8, 4) is 0 Å². The highest BCUT2D eigenvalue weighted by molar-refractivity contribution is 5.86. The molecule has 0 radical (unpaired) electrons. The van der Waals surface area contributed by atoms with Gasteiger partial charge in [-0.05, 0) is 18.4 Å². The first-order chi connectivity index (χ1) is 14.2. The number of rotatable bonds is 7. The van der Waals surface area contributed by atoms with Crippen molar-refractivity contribution in [3.05, 3.63) is 59.4 Å². The van der Waals surface area contributed by atoms with Crippen molar-refractivity contribution < 1.29 is 4.79 Å². The Kier molecular flexibility index (Phi) is 5.41. The molecule has 2 aromatic heterocycles. The smallest absolute Gasteiger partial charge is 0.242 e. The second kappa shape index (κ2) is 8.30. The molecule has 3 N–H and O–H groups in total. The van der Waals surface area contributed by atoms with Crippen LogP contribution in [0.3, 0.4) is 0 Å². The fraction of sp³-hybridized carbons (Fsp3) is 0.333. The van der Waals surface area contributed by atoms with Gasteiger partial charge in [-0.15, -0.1) is 0 Å². The quantitative estimate of drug-likeness (QED) is 0.572. The summed E-state index contributed by atoms with van der Waals surface area (Å²) in [5.41, 5.74) is 3.11. The molecule has 150 valence electrons. The van der Waals surface area contributed by atoms with E-state index < -0.39 is 0 Å². The molecule has 0 bridgehead atoms. The average molecular weight is 391 g/mol. The molecule has 3 aromatic rings. The summed E-state index contributed by atoms with van der Waals surface area (Å²) in [5.74, 6) is 1.93. The van der Waals surface area contributed by atoms with Crippen LogP contribution in [0.2, 0.25) is 0 Å². The van der Waals surface area contributed by atoms with Crippen molar-refractivity contribution in [3.63, 3.8) is 0 Å². The van der Waals surface area contributed by atoms with Gasteiger partial charge in [-0.1, -0.05) is 37.3 Å². The van der Waals surface area contributed by atoms with Gasteiger partial charge in [0.15, 0.2) is 5.82 Å². The summed E-state index contributed by atoms with van der Waals surface area (Å²) in [4.78, 5) is 23.5. The number of benzene rings is 1. The topological polar surface area (TPSA) is 98.8 Å². The Bertz CT molecular complexity index is 986. The zero-order valence-corrected chi connectivity index (χ0v) is 16.6. The normalized spacial score (nSPS) is 15.7. The lowest BCUT2D eigenvalue weighted by Crippen LogP contribution is -2.56. The molecule has 0 spiro atoms. The summed E-state index contributed by atoms with van der Waals surface area (Å²) in [6, 6.07) is 13.9. The van der Waals surface area contributed by atoms with E-state index in [2.05, 4.69) is 44.9 Å². The Morgan fingerprint density at radius 3 is 2.69 bits per heavy atom. The lowest BCUT2D eigenvalue weighted by atomic mass is 10.0. The summed E-state index contributed by atoms with van der Waals surface area (Å²) >= 11 is 0. The van der Waals surface area contributed by atoms with E-state index in [9.17, 15) is 4.79 Å². The number of aryl methyl sites for hydroxylation is 1. The molecule has 1 aromatic carbocycles. The molecule has 0 aliphatic carbocycles. The molecule has 3 heterocycles. The monoisotopic (exact) mass is 391 g/mol. The SMILES string of the molecule is CCc1cc(Nc2cc(Cc3ccccc3)nc(N3CC[C@H]3C(=O)NC)n2)n[nH]1. The van der Waals surface area contributed by atoms with Crippen LogP contribution in [-0.4, -0.2) is 45.7 Å². The number of hydrogen-bond donors (Lipinski definition) is 3. The second-order valence-electron chi connectivity index (χ2n) is 7.08. The molecule has 1 atom stereocenters.